The Morgan fingerprint density at radius 3 is 2.53 bits per heavy atom. The molecule has 1 aromatic rings. The molecule has 1 atom stereocenters. The Morgan fingerprint density at radius 1 is 1.35 bits per heavy atom. The molecule has 1 rings (SSSR count). The quantitative estimate of drug-likeness (QED) is 0.639. The van der Waals surface area contributed by atoms with E-state index in [2.05, 4.69) is 0 Å². The Labute approximate surface area is 108 Å². The van der Waals surface area contributed by atoms with Crippen LogP contribution in [0.3, 0.4) is 0 Å². The highest BCUT2D eigenvalue weighted by Gasteiger charge is 2.20. The zero-order valence-corrected chi connectivity index (χ0v) is 10.2. The van der Waals surface area contributed by atoms with Crippen molar-refractivity contribution in [3.8, 4) is 0 Å². The van der Waals surface area contributed by atoms with Gasteiger partial charge in [0.05, 0.1) is 0 Å². The van der Waals surface area contributed by atoms with Crippen LogP contribution in [-0.2, 0) is 4.79 Å². The lowest BCUT2D eigenvalue weighted by Gasteiger charge is -2.09. The summed E-state index contributed by atoms with van der Waals surface area (Å²) in [4.78, 5) is 22.2. The van der Waals surface area contributed by atoms with Crippen molar-refractivity contribution in [1.29, 1.82) is 0 Å². The van der Waals surface area contributed by atoms with Gasteiger partial charge in [-0.2, -0.15) is 0 Å². The van der Waals surface area contributed by atoms with Gasteiger partial charge in [-0.3, -0.25) is 4.79 Å². The van der Waals surface area contributed by atoms with Crippen molar-refractivity contribution in [2.75, 3.05) is 5.88 Å². The summed E-state index contributed by atoms with van der Waals surface area (Å²) in [5.74, 6) is -1.47. The lowest BCUT2D eigenvalue weighted by molar-refractivity contribution is -0.146. The van der Waals surface area contributed by atoms with Crippen LogP contribution in [0, 0.1) is 0 Å². The number of carboxylic acids is 1. The Hall–Kier alpha value is -1.10. The largest absolute Gasteiger partial charge is 0.479 e. The number of aliphatic carboxylic acids is 1. The van der Waals surface area contributed by atoms with Gasteiger partial charge in [-0.05, 0) is 18.2 Å². The maximum atomic E-state index is 11.5. The third-order valence-electron chi connectivity index (χ3n) is 2.17. The molecule has 1 unspecified atom stereocenters. The van der Waals surface area contributed by atoms with Crippen LogP contribution >= 0.6 is 23.2 Å². The topological polar surface area (TPSA) is 74.6 Å². The van der Waals surface area contributed by atoms with Crippen molar-refractivity contribution in [2.24, 2.45) is 0 Å². The van der Waals surface area contributed by atoms with Gasteiger partial charge in [-0.25, -0.2) is 4.79 Å². The molecule has 2 N–H and O–H groups in total. The predicted molar refractivity (Wildman–Crippen MR) is 63.7 cm³/mol. The molecule has 0 heterocycles. The molecule has 17 heavy (non-hydrogen) atoms. The number of benzene rings is 1. The molecule has 0 aliphatic rings. The lowest BCUT2D eigenvalue weighted by Crippen LogP contribution is -2.12. The minimum atomic E-state index is -1.74. The predicted octanol–water partition coefficient (Wildman–Crippen LogP) is 2.27. The molecule has 0 bridgehead atoms. The average molecular weight is 277 g/mol. The first-order valence-corrected chi connectivity index (χ1v) is 5.68. The van der Waals surface area contributed by atoms with E-state index in [0.717, 1.165) is 0 Å². The summed E-state index contributed by atoms with van der Waals surface area (Å²) in [5.41, 5.74) is 0.282. The third kappa shape index (κ3) is 3.43. The fourth-order valence-electron chi connectivity index (χ4n) is 1.29. The Morgan fingerprint density at radius 2 is 2.00 bits per heavy atom. The number of hydrogen-bond donors (Lipinski definition) is 2. The summed E-state index contributed by atoms with van der Waals surface area (Å²) in [6, 6.07) is 4.12. The molecule has 0 spiro atoms. The van der Waals surface area contributed by atoms with Crippen molar-refractivity contribution in [3.63, 3.8) is 0 Å². The second-order valence-corrected chi connectivity index (χ2v) is 4.12. The molecule has 0 saturated heterocycles. The van der Waals surface area contributed by atoms with E-state index in [1.165, 1.54) is 18.2 Å². The fourth-order valence-corrected chi connectivity index (χ4v) is 1.68. The van der Waals surface area contributed by atoms with Crippen molar-refractivity contribution in [1.82, 2.24) is 0 Å². The number of hydrogen-bond acceptors (Lipinski definition) is 3. The summed E-state index contributed by atoms with van der Waals surface area (Å²) in [7, 11) is 0. The highest BCUT2D eigenvalue weighted by Crippen LogP contribution is 2.25. The van der Waals surface area contributed by atoms with Gasteiger partial charge in [-0.15, -0.1) is 11.6 Å². The van der Waals surface area contributed by atoms with Gasteiger partial charge in [0.15, 0.2) is 11.9 Å². The standard InChI is InChI=1S/C11H10Cl2O4/c12-4-3-9(14)6-1-2-8(13)7(5-6)10(15)11(16)17/h1-2,5,10,15H,3-4H2,(H,16,17). The Bertz CT molecular complexity index is 445. The van der Waals surface area contributed by atoms with Gasteiger partial charge in [0.2, 0.25) is 0 Å². The molecule has 0 aromatic heterocycles. The lowest BCUT2D eigenvalue weighted by atomic mass is 10.0. The number of Topliss-reactive ketones (excluding diaryl/α,β-unsaturated/α-hetero) is 1. The van der Waals surface area contributed by atoms with Gasteiger partial charge in [0.1, 0.15) is 0 Å². The number of carbonyl (C=O) groups excluding carboxylic acids is 1. The maximum Gasteiger partial charge on any atom is 0.337 e. The van der Waals surface area contributed by atoms with E-state index in [0.29, 0.717) is 0 Å². The highest BCUT2D eigenvalue weighted by molar-refractivity contribution is 6.31. The van der Waals surface area contributed by atoms with E-state index < -0.39 is 12.1 Å². The van der Waals surface area contributed by atoms with Gasteiger partial charge >= 0.3 is 5.97 Å². The summed E-state index contributed by atoms with van der Waals surface area (Å²) in [6.07, 6.45) is -1.60. The molecule has 0 fully saturated rings. The molecule has 1 aromatic carbocycles. The van der Waals surface area contributed by atoms with Crippen LogP contribution in [0.1, 0.15) is 28.4 Å². The number of aliphatic hydroxyl groups is 1. The molecule has 92 valence electrons. The molecule has 4 nitrogen and oxygen atoms in total. The number of aliphatic hydroxyl groups excluding tert-OH is 1. The monoisotopic (exact) mass is 276 g/mol. The van der Waals surface area contributed by atoms with Gasteiger partial charge < -0.3 is 10.2 Å². The summed E-state index contributed by atoms with van der Waals surface area (Å²) < 4.78 is 0. The Balaban J connectivity index is 3.10. The first-order chi connectivity index (χ1) is 7.97. The second kappa shape index (κ2) is 6.00. The molecule has 0 amide bonds. The summed E-state index contributed by atoms with van der Waals surface area (Å²) in [6.45, 7) is 0. The third-order valence-corrected chi connectivity index (χ3v) is 2.70. The molecule has 0 radical (unpaired) electrons. The van der Waals surface area contributed by atoms with E-state index in [-0.39, 0.29) is 34.2 Å². The summed E-state index contributed by atoms with van der Waals surface area (Å²) >= 11 is 11.2. The zero-order chi connectivity index (χ0) is 13.0. The van der Waals surface area contributed by atoms with Crippen LogP contribution in [0.4, 0.5) is 0 Å². The van der Waals surface area contributed by atoms with E-state index in [1.54, 1.807) is 0 Å². The van der Waals surface area contributed by atoms with Crippen LogP contribution in [0.15, 0.2) is 18.2 Å². The molecule has 0 aliphatic heterocycles. The highest BCUT2D eigenvalue weighted by atomic mass is 35.5. The number of carboxylic acid groups (broad SMARTS) is 1. The van der Waals surface area contributed by atoms with Crippen LogP contribution < -0.4 is 0 Å². The van der Waals surface area contributed by atoms with Gasteiger partial charge in [0, 0.05) is 28.5 Å². The molecule has 6 heteroatoms. The number of halogens is 2. The van der Waals surface area contributed by atoms with Crippen LogP contribution in [0.5, 0.6) is 0 Å². The normalized spacial score (nSPS) is 12.2. The first kappa shape index (κ1) is 14.0. The first-order valence-electron chi connectivity index (χ1n) is 4.77. The molecule has 0 saturated carbocycles. The Kier molecular flexibility index (Phi) is 4.93. The van der Waals surface area contributed by atoms with E-state index >= 15 is 0 Å². The zero-order valence-electron chi connectivity index (χ0n) is 8.69. The van der Waals surface area contributed by atoms with Gasteiger partial charge in [0.25, 0.3) is 0 Å². The van der Waals surface area contributed by atoms with E-state index in [1.807, 2.05) is 0 Å². The maximum absolute atomic E-state index is 11.5. The molecule has 0 aliphatic carbocycles. The number of alkyl halides is 1. The second-order valence-electron chi connectivity index (χ2n) is 3.34. The fraction of sp³-hybridized carbons (Fsp3) is 0.273. The van der Waals surface area contributed by atoms with Crippen molar-refractivity contribution in [3.05, 3.63) is 34.3 Å². The van der Waals surface area contributed by atoms with Crippen molar-refractivity contribution >= 4 is 35.0 Å². The average Bonchev–Trinajstić information content (AvgIpc) is 2.28. The van der Waals surface area contributed by atoms with Crippen molar-refractivity contribution in [2.45, 2.75) is 12.5 Å². The summed E-state index contributed by atoms with van der Waals surface area (Å²) in [5, 5.41) is 18.2. The minimum Gasteiger partial charge on any atom is -0.479 e. The van der Waals surface area contributed by atoms with Crippen LogP contribution in [-0.4, -0.2) is 27.8 Å². The molecular weight excluding hydrogens is 267 g/mol. The number of ketones is 1. The van der Waals surface area contributed by atoms with E-state index in [4.69, 9.17) is 28.3 Å². The van der Waals surface area contributed by atoms with Crippen molar-refractivity contribution < 1.29 is 19.8 Å². The van der Waals surface area contributed by atoms with Crippen LogP contribution in [0.2, 0.25) is 5.02 Å². The minimum absolute atomic E-state index is 0.000380. The number of carbonyl (C=O) groups is 2. The number of rotatable bonds is 5. The SMILES string of the molecule is O=C(CCCl)c1ccc(Cl)c(C(O)C(=O)O)c1. The van der Waals surface area contributed by atoms with Crippen LogP contribution in [0.25, 0.3) is 0 Å². The van der Waals surface area contributed by atoms with E-state index in [9.17, 15) is 14.7 Å². The molecular formula is C11H10Cl2O4. The smallest absolute Gasteiger partial charge is 0.337 e. The van der Waals surface area contributed by atoms with Gasteiger partial charge in [-0.1, -0.05) is 11.6 Å².